The maximum atomic E-state index is 12.1. The molecule has 1 saturated heterocycles. The van der Waals surface area contributed by atoms with Gasteiger partial charge < -0.3 is 10.0 Å². The molecule has 0 amide bonds. The van der Waals surface area contributed by atoms with Crippen LogP contribution in [0.15, 0.2) is 120 Å². The minimum absolute atomic E-state index is 0.219. The predicted octanol–water partition coefficient (Wildman–Crippen LogP) is 7.48. The number of piperidine rings is 1. The second-order valence-corrected chi connectivity index (χ2v) is 10.9. The summed E-state index contributed by atoms with van der Waals surface area (Å²) in [5, 5.41) is 12.1. The molecule has 0 aromatic heterocycles. The van der Waals surface area contributed by atoms with Gasteiger partial charge in [0.15, 0.2) is 0 Å². The SMILES string of the molecule is OC(c1ccccc1)(c1ccccc1)C1CCN(CCCSc2ccc(-c3ccccc3)cc2)CC1. The molecule has 0 saturated carbocycles. The van der Waals surface area contributed by atoms with Gasteiger partial charge in [-0.3, -0.25) is 0 Å². The second-order valence-electron chi connectivity index (χ2n) is 9.71. The third-order valence-electron chi connectivity index (χ3n) is 7.46. The molecule has 1 aliphatic heterocycles. The van der Waals surface area contributed by atoms with Gasteiger partial charge in [0.25, 0.3) is 0 Å². The monoisotopic (exact) mass is 493 g/mol. The normalized spacial score (nSPS) is 15.1. The Morgan fingerprint density at radius 2 is 1.17 bits per heavy atom. The van der Waals surface area contributed by atoms with E-state index in [1.54, 1.807) is 0 Å². The van der Waals surface area contributed by atoms with Gasteiger partial charge >= 0.3 is 0 Å². The molecule has 0 aliphatic carbocycles. The van der Waals surface area contributed by atoms with Gasteiger partial charge in [-0.05, 0) is 85.0 Å². The second kappa shape index (κ2) is 11.9. The first-order valence-corrected chi connectivity index (χ1v) is 14.1. The summed E-state index contributed by atoms with van der Waals surface area (Å²) in [5.74, 6) is 1.35. The van der Waals surface area contributed by atoms with Crippen molar-refractivity contribution in [1.29, 1.82) is 0 Å². The highest BCUT2D eigenvalue weighted by Crippen LogP contribution is 2.41. The van der Waals surface area contributed by atoms with Crippen LogP contribution in [-0.4, -0.2) is 35.4 Å². The van der Waals surface area contributed by atoms with Crippen molar-refractivity contribution in [1.82, 2.24) is 4.90 Å². The fraction of sp³-hybridized carbons (Fsp3) is 0.273. The highest BCUT2D eigenvalue weighted by Gasteiger charge is 2.41. The lowest BCUT2D eigenvalue weighted by Gasteiger charge is -2.42. The number of hydrogen-bond donors (Lipinski definition) is 1. The highest BCUT2D eigenvalue weighted by atomic mass is 32.2. The Kier molecular flexibility index (Phi) is 8.22. The molecule has 184 valence electrons. The van der Waals surface area contributed by atoms with E-state index in [-0.39, 0.29) is 5.92 Å². The first-order chi connectivity index (χ1) is 17.7. The molecule has 1 aliphatic rings. The van der Waals surface area contributed by atoms with E-state index in [4.69, 9.17) is 0 Å². The van der Waals surface area contributed by atoms with Crippen LogP contribution in [0.25, 0.3) is 11.1 Å². The third kappa shape index (κ3) is 5.75. The number of hydrogen-bond acceptors (Lipinski definition) is 3. The summed E-state index contributed by atoms with van der Waals surface area (Å²) < 4.78 is 0. The molecule has 36 heavy (non-hydrogen) atoms. The molecule has 0 atom stereocenters. The molecule has 0 unspecified atom stereocenters. The number of aliphatic hydroxyl groups is 1. The summed E-state index contributed by atoms with van der Waals surface area (Å²) in [6.07, 6.45) is 3.19. The number of likely N-dealkylation sites (tertiary alicyclic amines) is 1. The van der Waals surface area contributed by atoms with E-state index < -0.39 is 5.60 Å². The van der Waals surface area contributed by atoms with Gasteiger partial charge in [0.1, 0.15) is 5.60 Å². The highest BCUT2D eigenvalue weighted by molar-refractivity contribution is 7.99. The van der Waals surface area contributed by atoms with Crippen LogP contribution in [0.2, 0.25) is 0 Å². The summed E-state index contributed by atoms with van der Waals surface area (Å²) >= 11 is 1.95. The molecule has 1 fully saturated rings. The minimum Gasteiger partial charge on any atom is -0.380 e. The van der Waals surface area contributed by atoms with Gasteiger partial charge in [0, 0.05) is 4.90 Å². The van der Waals surface area contributed by atoms with Crippen molar-refractivity contribution in [2.75, 3.05) is 25.4 Å². The van der Waals surface area contributed by atoms with E-state index in [2.05, 4.69) is 83.8 Å². The fourth-order valence-electron chi connectivity index (χ4n) is 5.45. The molecule has 3 heteroatoms. The molecular weight excluding hydrogens is 458 g/mol. The predicted molar refractivity (Wildman–Crippen MR) is 152 cm³/mol. The molecule has 0 radical (unpaired) electrons. The molecule has 4 aromatic carbocycles. The largest absolute Gasteiger partial charge is 0.380 e. The Bertz CT molecular complexity index is 1150. The summed E-state index contributed by atoms with van der Waals surface area (Å²) in [5.41, 5.74) is 3.61. The van der Waals surface area contributed by atoms with Crippen molar-refractivity contribution in [3.8, 4) is 11.1 Å². The van der Waals surface area contributed by atoms with Crippen molar-refractivity contribution < 1.29 is 5.11 Å². The molecule has 1 heterocycles. The lowest BCUT2D eigenvalue weighted by molar-refractivity contribution is -0.0141. The molecule has 0 bridgehead atoms. The topological polar surface area (TPSA) is 23.5 Å². The summed E-state index contributed by atoms with van der Waals surface area (Å²) in [7, 11) is 0. The van der Waals surface area contributed by atoms with Gasteiger partial charge in [0.05, 0.1) is 0 Å². The summed E-state index contributed by atoms with van der Waals surface area (Å²) in [4.78, 5) is 3.91. The van der Waals surface area contributed by atoms with Crippen LogP contribution in [0.3, 0.4) is 0 Å². The van der Waals surface area contributed by atoms with Crippen molar-refractivity contribution >= 4 is 11.8 Å². The number of benzene rings is 4. The van der Waals surface area contributed by atoms with Crippen LogP contribution in [-0.2, 0) is 5.60 Å². The van der Waals surface area contributed by atoms with Crippen molar-refractivity contribution in [3.05, 3.63) is 126 Å². The molecule has 5 rings (SSSR count). The quantitative estimate of drug-likeness (QED) is 0.193. The van der Waals surface area contributed by atoms with Crippen LogP contribution in [0.4, 0.5) is 0 Å². The van der Waals surface area contributed by atoms with E-state index in [1.165, 1.54) is 22.4 Å². The van der Waals surface area contributed by atoms with E-state index >= 15 is 0 Å². The maximum Gasteiger partial charge on any atom is 0.117 e. The Hall–Kier alpha value is -2.85. The van der Waals surface area contributed by atoms with E-state index in [0.29, 0.717) is 0 Å². The van der Waals surface area contributed by atoms with Crippen molar-refractivity contribution in [2.45, 2.75) is 29.8 Å². The first-order valence-electron chi connectivity index (χ1n) is 13.1. The lowest BCUT2D eigenvalue weighted by atomic mass is 9.72. The van der Waals surface area contributed by atoms with Crippen LogP contribution >= 0.6 is 11.8 Å². The maximum absolute atomic E-state index is 12.1. The van der Waals surface area contributed by atoms with Gasteiger partial charge in [-0.2, -0.15) is 0 Å². The van der Waals surface area contributed by atoms with E-state index in [0.717, 1.165) is 49.4 Å². The average molecular weight is 494 g/mol. The Morgan fingerprint density at radius 1 is 0.667 bits per heavy atom. The van der Waals surface area contributed by atoms with Crippen molar-refractivity contribution in [2.24, 2.45) is 5.92 Å². The Morgan fingerprint density at radius 3 is 1.72 bits per heavy atom. The Labute approximate surface area is 220 Å². The van der Waals surface area contributed by atoms with Gasteiger partial charge in [0.2, 0.25) is 0 Å². The van der Waals surface area contributed by atoms with Gasteiger partial charge in [-0.15, -0.1) is 11.8 Å². The zero-order chi connectivity index (χ0) is 24.6. The van der Waals surface area contributed by atoms with Gasteiger partial charge in [-0.25, -0.2) is 0 Å². The van der Waals surface area contributed by atoms with Crippen LogP contribution < -0.4 is 0 Å². The summed E-state index contributed by atoms with van der Waals surface area (Å²) in [6.45, 7) is 3.21. The van der Waals surface area contributed by atoms with E-state index in [9.17, 15) is 5.11 Å². The van der Waals surface area contributed by atoms with E-state index in [1.807, 2.05) is 48.2 Å². The molecule has 0 spiro atoms. The van der Waals surface area contributed by atoms with Crippen molar-refractivity contribution in [3.63, 3.8) is 0 Å². The van der Waals surface area contributed by atoms with Crippen LogP contribution in [0.1, 0.15) is 30.4 Å². The zero-order valence-corrected chi connectivity index (χ0v) is 21.6. The molecule has 4 aromatic rings. The fourth-order valence-corrected chi connectivity index (χ4v) is 6.29. The smallest absolute Gasteiger partial charge is 0.117 e. The minimum atomic E-state index is -0.934. The molecule has 2 nitrogen and oxygen atoms in total. The first kappa shape index (κ1) is 24.8. The van der Waals surface area contributed by atoms with Crippen LogP contribution in [0, 0.1) is 5.92 Å². The molecular formula is C33H35NOS. The number of rotatable bonds is 9. The average Bonchev–Trinajstić information content (AvgIpc) is 2.97. The third-order valence-corrected chi connectivity index (χ3v) is 8.55. The standard InChI is InChI=1S/C33H35NOS/c35-33(29-13-6-2-7-14-29,30-15-8-3-9-16-30)31-21-24-34(25-22-31)23-10-26-36-32-19-17-28(18-20-32)27-11-4-1-5-12-27/h1-9,11-20,31,35H,10,21-26H2. The lowest BCUT2D eigenvalue weighted by Crippen LogP contribution is -2.44. The number of nitrogens with zero attached hydrogens (tertiary/aromatic N) is 1. The van der Waals surface area contributed by atoms with Gasteiger partial charge in [-0.1, -0.05) is 103 Å². The summed E-state index contributed by atoms with van der Waals surface area (Å²) in [6, 6.07) is 40.0. The zero-order valence-electron chi connectivity index (χ0n) is 20.8. The number of thioether (sulfide) groups is 1. The Balaban J connectivity index is 1.12. The van der Waals surface area contributed by atoms with Crippen LogP contribution in [0.5, 0.6) is 0 Å². The molecule has 1 N–H and O–H groups in total.